The van der Waals surface area contributed by atoms with Gasteiger partial charge in [-0.2, -0.15) is 0 Å². The quantitative estimate of drug-likeness (QED) is 0.633. The second kappa shape index (κ2) is 9.18. The van der Waals surface area contributed by atoms with Crippen LogP contribution in [0.1, 0.15) is 42.6 Å². The summed E-state index contributed by atoms with van der Waals surface area (Å²) in [6, 6.07) is 12.8. The van der Waals surface area contributed by atoms with Gasteiger partial charge in [0.25, 0.3) is 15.9 Å². The molecular formula is C19H23N3O4S. The zero-order valence-corrected chi connectivity index (χ0v) is 16.1. The van der Waals surface area contributed by atoms with Crippen molar-refractivity contribution in [1.29, 1.82) is 0 Å². The van der Waals surface area contributed by atoms with Crippen LogP contribution in [0.2, 0.25) is 0 Å². The molecule has 0 saturated carbocycles. The summed E-state index contributed by atoms with van der Waals surface area (Å²) in [5, 5.41) is 0. The van der Waals surface area contributed by atoms with Gasteiger partial charge in [0, 0.05) is 18.2 Å². The highest BCUT2D eigenvalue weighted by Crippen LogP contribution is 2.18. The van der Waals surface area contributed by atoms with E-state index in [2.05, 4.69) is 22.5 Å². The second-order valence-electron chi connectivity index (χ2n) is 6.07. The van der Waals surface area contributed by atoms with Gasteiger partial charge in [0.2, 0.25) is 5.91 Å². The van der Waals surface area contributed by atoms with Crippen LogP contribution in [0.25, 0.3) is 0 Å². The molecule has 0 atom stereocenters. The number of amides is 2. The van der Waals surface area contributed by atoms with Gasteiger partial charge in [0.05, 0.1) is 4.90 Å². The molecule has 0 unspecified atom stereocenters. The van der Waals surface area contributed by atoms with E-state index in [9.17, 15) is 18.0 Å². The van der Waals surface area contributed by atoms with Crippen molar-refractivity contribution in [1.82, 2.24) is 10.9 Å². The van der Waals surface area contributed by atoms with E-state index in [0.717, 1.165) is 24.8 Å². The molecule has 144 valence electrons. The molecule has 0 aliphatic rings. The fourth-order valence-electron chi connectivity index (χ4n) is 2.36. The summed E-state index contributed by atoms with van der Waals surface area (Å²) >= 11 is 0. The Balaban J connectivity index is 2.13. The third-order valence-corrected chi connectivity index (χ3v) is 5.16. The number of benzene rings is 2. The van der Waals surface area contributed by atoms with Crippen LogP contribution in [0.15, 0.2) is 53.4 Å². The van der Waals surface area contributed by atoms with E-state index in [1.807, 2.05) is 12.1 Å². The van der Waals surface area contributed by atoms with Crippen LogP contribution in [-0.4, -0.2) is 20.2 Å². The van der Waals surface area contributed by atoms with E-state index in [0.29, 0.717) is 5.69 Å². The minimum absolute atomic E-state index is 0.0481. The van der Waals surface area contributed by atoms with E-state index in [-0.39, 0.29) is 10.5 Å². The van der Waals surface area contributed by atoms with E-state index < -0.39 is 21.8 Å². The molecule has 0 aromatic heterocycles. The Kier molecular flexibility index (Phi) is 6.95. The molecular weight excluding hydrogens is 366 g/mol. The highest BCUT2D eigenvalue weighted by molar-refractivity contribution is 7.92. The molecule has 0 bridgehead atoms. The molecule has 0 aliphatic heterocycles. The van der Waals surface area contributed by atoms with Crippen molar-refractivity contribution >= 4 is 27.5 Å². The Morgan fingerprint density at radius 3 is 2.33 bits per heavy atom. The Bertz CT molecular complexity index is 909. The Morgan fingerprint density at radius 2 is 1.70 bits per heavy atom. The molecule has 27 heavy (non-hydrogen) atoms. The predicted molar refractivity (Wildman–Crippen MR) is 104 cm³/mol. The highest BCUT2D eigenvalue weighted by Gasteiger charge is 2.16. The number of nitrogens with one attached hydrogen (secondary N) is 3. The van der Waals surface area contributed by atoms with Crippen LogP contribution in [0, 0.1) is 0 Å². The molecule has 0 spiro atoms. The molecule has 2 amide bonds. The topological polar surface area (TPSA) is 104 Å². The molecule has 0 fully saturated rings. The molecule has 0 radical (unpaired) electrons. The summed E-state index contributed by atoms with van der Waals surface area (Å²) in [6.07, 6.45) is 3.13. The molecule has 0 aliphatic carbocycles. The van der Waals surface area contributed by atoms with Crippen LogP contribution in [-0.2, 0) is 21.2 Å². The SMILES string of the molecule is CCCCc1ccc(NS(=O)(=O)c2cccc(C(=O)NNC(C)=O)c2)cc1. The summed E-state index contributed by atoms with van der Waals surface area (Å²) < 4.78 is 27.7. The number of hydrogen-bond donors (Lipinski definition) is 3. The summed E-state index contributed by atoms with van der Waals surface area (Å²) in [4.78, 5) is 22.8. The van der Waals surface area contributed by atoms with E-state index >= 15 is 0 Å². The third-order valence-electron chi connectivity index (χ3n) is 3.78. The summed E-state index contributed by atoms with van der Waals surface area (Å²) in [7, 11) is -3.85. The normalized spacial score (nSPS) is 10.9. The number of aryl methyl sites for hydroxylation is 1. The number of carbonyl (C=O) groups excluding carboxylic acids is 2. The standard InChI is InChI=1S/C19H23N3O4S/c1-3-4-6-15-9-11-17(12-10-15)22-27(25,26)18-8-5-7-16(13-18)19(24)21-20-14(2)23/h5,7-13,22H,3-4,6H2,1-2H3,(H,20,23)(H,21,24). The van der Waals surface area contributed by atoms with Crippen molar-refractivity contribution in [3.63, 3.8) is 0 Å². The average Bonchev–Trinajstić information content (AvgIpc) is 2.65. The van der Waals surface area contributed by atoms with Crippen LogP contribution >= 0.6 is 0 Å². The number of sulfonamides is 1. The van der Waals surface area contributed by atoms with Gasteiger partial charge in [-0.25, -0.2) is 8.42 Å². The summed E-state index contributed by atoms with van der Waals surface area (Å²) in [5.74, 6) is -1.04. The van der Waals surface area contributed by atoms with Crippen LogP contribution in [0.4, 0.5) is 5.69 Å². The largest absolute Gasteiger partial charge is 0.280 e. The lowest BCUT2D eigenvalue weighted by Crippen LogP contribution is -2.40. The molecule has 0 saturated heterocycles. The van der Waals surface area contributed by atoms with Gasteiger partial charge in [-0.1, -0.05) is 31.5 Å². The smallest absolute Gasteiger partial charge is 0.269 e. The Morgan fingerprint density at radius 1 is 1.00 bits per heavy atom. The lowest BCUT2D eigenvalue weighted by atomic mass is 10.1. The van der Waals surface area contributed by atoms with Crippen molar-refractivity contribution in [3.05, 3.63) is 59.7 Å². The maximum Gasteiger partial charge on any atom is 0.269 e. The fourth-order valence-corrected chi connectivity index (χ4v) is 3.46. The van der Waals surface area contributed by atoms with E-state index in [1.54, 1.807) is 12.1 Å². The lowest BCUT2D eigenvalue weighted by molar-refractivity contribution is -0.119. The Hall–Kier alpha value is -2.87. The van der Waals surface area contributed by atoms with Gasteiger partial charge >= 0.3 is 0 Å². The first-order chi connectivity index (χ1) is 12.8. The number of rotatable bonds is 7. The van der Waals surface area contributed by atoms with Gasteiger partial charge in [0.1, 0.15) is 0 Å². The van der Waals surface area contributed by atoms with Crippen LogP contribution in [0.5, 0.6) is 0 Å². The van der Waals surface area contributed by atoms with Gasteiger partial charge in [-0.15, -0.1) is 0 Å². The third kappa shape index (κ3) is 6.10. The first-order valence-electron chi connectivity index (χ1n) is 8.60. The van der Waals surface area contributed by atoms with Gasteiger partial charge in [0.15, 0.2) is 0 Å². The van der Waals surface area contributed by atoms with Crippen LogP contribution in [0.3, 0.4) is 0 Å². The first-order valence-corrected chi connectivity index (χ1v) is 10.1. The van der Waals surface area contributed by atoms with Gasteiger partial charge < -0.3 is 0 Å². The molecule has 2 aromatic carbocycles. The number of unbranched alkanes of at least 4 members (excludes halogenated alkanes) is 1. The molecule has 2 aromatic rings. The highest BCUT2D eigenvalue weighted by atomic mass is 32.2. The maximum atomic E-state index is 12.6. The van der Waals surface area contributed by atoms with Gasteiger partial charge in [-0.05, 0) is 48.7 Å². The summed E-state index contributed by atoms with van der Waals surface area (Å²) in [6.45, 7) is 3.37. The van der Waals surface area contributed by atoms with Crippen molar-refractivity contribution in [2.24, 2.45) is 0 Å². The average molecular weight is 389 g/mol. The number of carbonyl (C=O) groups is 2. The molecule has 3 N–H and O–H groups in total. The Labute approximate surface area is 159 Å². The first kappa shape index (κ1) is 20.4. The van der Waals surface area contributed by atoms with Crippen molar-refractivity contribution in [2.75, 3.05) is 4.72 Å². The molecule has 7 nitrogen and oxygen atoms in total. The second-order valence-corrected chi connectivity index (χ2v) is 7.75. The van der Waals surface area contributed by atoms with Crippen molar-refractivity contribution in [3.8, 4) is 0 Å². The molecule has 8 heteroatoms. The monoisotopic (exact) mass is 389 g/mol. The lowest BCUT2D eigenvalue weighted by Gasteiger charge is -2.10. The van der Waals surface area contributed by atoms with Crippen LogP contribution < -0.4 is 15.6 Å². The zero-order valence-electron chi connectivity index (χ0n) is 15.3. The summed E-state index contributed by atoms with van der Waals surface area (Å²) in [5.41, 5.74) is 6.06. The number of anilines is 1. The predicted octanol–water partition coefficient (Wildman–Crippen LogP) is 2.61. The minimum Gasteiger partial charge on any atom is -0.280 e. The maximum absolute atomic E-state index is 12.6. The van der Waals surface area contributed by atoms with Crippen molar-refractivity contribution < 1.29 is 18.0 Å². The minimum atomic E-state index is -3.85. The fraction of sp³-hybridized carbons (Fsp3) is 0.263. The zero-order chi connectivity index (χ0) is 19.9. The molecule has 2 rings (SSSR count). The van der Waals surface area contributed by atoms with Gasteiger partial charge in [-0.3, -0.25) is 25.2 Å². The van der Waals surface area contributed by atoms with Crippen molar-refractivity contribution in [2.45, 2.75) is 38.0 Å². The number of hydrogen-bond acceptors (Lipinski definition) is 4. The van der Waals surface area contributed by atoms with E-state index in [4.69, 9.17) is 0 Å². The molecule has 0 heterocycles. The number of hydrazine groups is 1. The van der Waals surface area contributed by atoms with E-state index in [1.165, 1.54) is 31.2 Å².